The van der Waals surface area contributed by atoms with E-state index < -0.39 is 10.8 Å². The third kappa shape index (κ3) is 2.70. The number of rotatable bonds is 3. The van der Waals surface area contributed by atoms with Gasteiger partial charge in [0.2, 0.25) is 0 Å². The highest BCUT2D eigenvalue weighted by Gasteiger charge is 2.23. The van der Waals surface area contributed by atoms with Crippen LogP contribution in [0.1, 0.15) is 24.2 Å². The molecule has 0 spiro atoms. The van der Waals surface area contributed by atoms with E-state index in [0.29, 0.717) is 0 Å². The molecule has 0 fully saturated rings. The minimum Gasteiger partial charge on any atom is -0.350 e. The van der Waals surface area contributed by atoms with E-state index >= 15 is 0 Å². The Bertz CT molecular complexity index is 432. The Morgan fingerprint density at radius 3 is 2.62 bits per heavy atom. The van der Waals surface area contributed by atoms with Crippen LogP contribution >= 0.6 is 11.6 Å². The molecule has 1 aromatic carbocycles. The van der Waals surface area contributed by atoms with E-state index in [1.54, 1.807) is 13.8 Å². The minimum atomic E-state index is -0.655. The van der Waals surface area contributed by atoms with Crippen molar-refractivity contribution in [2.24, 2.45) is 0 Å². The number of nitrogens with zero attached hydrogens (tertiary/aromatic N) is 1. The summed E-state index contributed by atoms with van der Waals surface area (Å²) in [5, 5.41) is 13.3. The van der Waals surface area contributed by atoms with E-state index in [4.69, 9.17) is 11.6 Å². The molecule has 0 aliphatic carbocycles. The van der Waals surface area contributed by atoms with Gasteiger partial charge in [0, 0.05) is 6.04 Å². The molecular weight excluding hydrogens is 232 g/mol. The zero-order valence-corrected chi connectivity index (χ0v) is 9.62. The van der Waals surface area contributed by atoms with Gasteiger partial charge in [0.25, 0.3) is 5.91 Å². The molecule has 0 saturated heterocycles. The number of para-hydroxylation sites is 1. The summed E-state index contributed by atoms with van der Waals surface area (Å²) in [5.74, 6) is -0.496. The number of hydrogen-bond acceptors (Lipinski definition) is 3. The number of hydrogen-bond donors (Lipinski definition) is 1. The topological polar surface area (TPSA) is 72.2 Å². The lowest BCUT2D eigenvalue weighted by atomic mass is 10.1. The number of halogens is 1. The van der Waals surface area contributed by atoms with Gasteiger partial charge in [-0.1, -0.05) is 17.7 Å². The van der Waals surface area contributed by atoms with E-state index in [-0.39, 0.29) is 22.3 Å². The van der Waals surface area contributed by atoms with Gasteiger partial charge < -0.3 is 5.32 Å². The van der Waals surface area contributed by atoms with Crippen LogP contribution in [0.4, 0.5) is 5.69 Å². The van der Waals surface area contributed by atoms with E-state index in [0.717, 1.165) is 0 Å². The van der Waals surface area contributed by atoms with Gasteiger partial charge in [0.05, 0.1) is 4.92 Å². The number of carbonyl (C=O) groups is 1. The van der Waals surface area contributed by atoms with E-state index in [2.05, 4.69) is 5.32 Å². The number of amides is 1. The number of benzene rings is 1. The second-order valence-electron chi connectivity index (χ2n) is 3.52. The third-order valence-corrected chi connectivity index (χ3v) is 2.14. The standard InChI is InChI=1S/C10H11ClN2O3/c1-6(2)12-10(14)7-4-3-5-8(11)9(7)13(15)16/h3-6H,1-2H3,(H,12,14). The fourth-order valence-electron chi connectivity index (χ4n) is 1.22. The molecule has 86 valence electrons. The Kier molecular flexibility index (Phi) is 3.84. The molecule has 0 heterocycles. The minimum absolute atomic E-state index is 0.0220. The maximum atomic E-state index is 11.7. The lowest BCUT2D eigenvalue weighted by Crippen LogP contribution is -2.30. The van der Waals surface area contributed by atoms with Crippen LogP contribution in [0.15, 0.2) is 18.2 Å². The highest BCUT2D eigenvalue weighted by Crippen LogP contribution is 2.27. The highest BCUT2D eigenvalue weighted by molar-refractivity contribution is 6.33. The molecule has 0 saturated carbocycles. The smallest absolute Gasteiger partial charge is 0.300 e. The van der Waals surface area contributed by atoms with Crippen LogP contribution in [-0.4, -0.2) is 16.9 Å². The fraction of sp³-hybridized carbons (Fsp3) is 0.300. The van der Waals surface area contributed by atoms with E-state index in [9.17, 15) is 14.9 Å². The molecule has 1 N–H and O–H groups in total. The Morgan fingerprint density at radius 1 is 1.50 bits per heavy atom. The summed E-state index contributed by atoms with van der Waals surface area (Å²) < 4.78 is 0. The third-order valence-electron chi connectivity index (χ3n) is 1.83. The first kappa shape index (κ1) is 12.4. The molecule has 6 heteroatoms. The number of carbonyl (C=O) groups excluding carboxylic acids is 1. The van der Waals surface area contributed by atoms with Gasteiger partial charge in [0.15, 0.2) is 0 Å². The summed E-state index contributed by atoms with van der Waals surface area (Å²) in [4.78, 5) is 21.8. The van der Waals surface area contributed by atoms with Gasteiger partial charge in [0.1, 0.15) is 10.6 Å². The van der Waals surface area contributed by atoms with Gasteiger partial charge in [-0.2, -0.15) is 0 Å². The zero-order valence-electron chi connectivity index (χ0n) is 8.86. The molecule has 1 aromatic rings. The van der Waals surface area contributed by atoms with Crippen LogP contribution in [0.25, 0.3) is 0 Å². The van der Waals surface area contributed by atoms with Crippen LogP contribution < -0.4 is 5.32 Å². The molecule has 1 rings (SSSR count). The van der Waals surface area contributed by atoms with Crippen molar-refractivity contribution >= 4 is 23.2 Å². The van der Waals surface area contributed by atoms with Crippen LogP contribution in [0.2, 0.25) is 5.02 Å². The number of nitrogens with one attached hydrogen (secondary N) is 1. The maximum Gasteiger partial charge on any atom is 0.300 e. The van der Waals surface area contributed by atoms with Crippen molar-refractivity contribution in [3.8, 4) is 0 Å². The molecule has 0 aromatic heterocycles. The summed E-state index contributed by atoms with van der Waals surface area (Å²) in [7, 11) is 0. The van der Waals surface area contributed by atoms with Crippen molar-refractivity contribution in [1.29, 1.82) is 0 Å². The Balaban J connectivity index is 3.18. The van der Waals surface area contributed by atoms with Gasteiger partial charge >= 0.3 is 5.69 Å². The average Bonchev–Trinajstić information content (AvgIpc) is 2.15. The molecule has 5 nitrogen and oxygen atoms in total. The van der Waals surface area contributed by atoms with Crippen LogP contribution in [0, 0.1) is 10.1 Å². The highest BCUT2D eigenvalue weighted by atomic mass is 35.5. The summed E-state index contributed by atoms with van der Waals surface area (Å²) >= 11 is 5.68. The fourth-order valence-corrected chi connectivity index (χ4v) is 1.47. The predicted octanol–water partition coefficient (Wildman–Crippen LogP) is 2.39. The van der Waals surface area contributed by atoms with E-state index in [1.807, 2.05) is 0 Å². The number of nitro groups is 1. The Hall–Kier alpha value is -1.62. The zero-order chi connectivity index (χ0) is 12.3. The first-order chi connectivity index (χ1) is 7.43. The molecular formula is C10H11ClN2O3. The van der Waals surface area contributed by atoms with Crippen LogP contribution in [-0.2, 0) is 0 Å². The second kappa shape index (κ2) is 4.94. The SMILES string of the molecule is CC(C)NC(=O)c1cccc(Cl)c1[N+](=O)[O-]. The van der Waals surface area contributed by atoms with Gasteiger partial charge in [-0.15, -0.1) is 0 Å². The maximum absolute atomic E-state index is 11.7. The van der Waals surface area contributed by atoms with Gasteiger partial charge in [-0.25, -0.2) is 0 Å². The second-order valence-corrected chi connectivity index (χ2v) is 3.93. The summed E-state index contributed by atoms with van der Waals surface area (Å²) in [6.45, 7) is 3.54. The average molecular weight is 243 g/mol. The Labute approximate surface area is 97.6 Å². The molecule has 0 atom stereocenters. The first-order valence-corrected chi connectivity index (χ1v) is 5.05. The summed E-state index contributed by atoms with van der Waals surface area (Å²) in [6, 6.07) is 4.17. The van der Waals surface area contributed by atoms with Crippen molar-refractivity contribution in [1.82, 2.24) is 5.32 Å². The van der Waals surface area contributed by atoms with Crippen molar-refractivity contribution in [3.63, 3.8) is 0 Å². The number of nitro benzene ring substituents is 1. The molecule has 0 bridgehead atoms. The molecule has 16 heavy (non-hydrogen) atoms. The molecule has 0 aliphatic heterocycles. The molecule has 1 amide bonds. The summed E-state index contributed by atoms with van der Waals surface area (Å²) in [6.07, 6.45) is 0. The van der Waals surface area contributed by atoms with Crippen molar-refractivity contribution in [2.75, 3.05) is 0 Å². The van der Waals surface area contributed by atoms with Crippen molar-refractivity contribution < 1.29 is 9.72 Å². The van der Waals surface area contributed by atoms with Crippen molar-refractivity contribution in [3.05, 3.63) is 38.9 Å². The Morgan fingerprint density at radius 2 is 2.12 bits per heavy atom. The summed E-state index contributed by atoms with van der Waals surface area (Å²) in [5.41, 5.74) is -0.381. The normalized spacial score (nSPS) is 10.2. The quantitative estimate of drug-likeness (QED) is 0.653. The van der Waals surface area contributed by atoms with Crippen LogP contribution in [0.5, 0.6) is 0 Å². The lowest BCUT2D eigenvalue weighted by Gasteiger charge is -2.08. The predicted molar refractivity (Wildman–Crippen MR) is 60.7 cm³/mol. The molecule has 0 aliphatic rings. The largest absolute Gasteiger partial charge is 0.350 e. The van der Waals surface area contributed by atoms with Gasteiger partial charge in [-0.3, -0.25) is 14.9 Å². The lowest BCUT2D eigenvalue weighted by molar-refractivity contribution is -0.385. The molecule has 0 unspecified atom stereocenters. The van der Waals surface area contributed by atoms with Gasteiger partial charge in [-0.05, 0) is 26.0 Å². The monoisotopic (exact) mass is 242 g/mol. The van der Waals surface area contributed by atoms with Crippen molar-refractivity contribution in [2.45, 2.75) is 19.9 Å². The van der Waals surface area contributed by atoms with Crippen LogP contribution in [0.3, 0.4) is 0 Å². The first-order valence-electron chi connectivity index (χ1n) is 4.67. The molecule has 0 radical (unpaired) electrons. The van der Waals surface area contributed by atoms with E-state index in [1.165, 1.54) is 18.2 Å².